The minimum Gasteiger partial charge on any atom is -0.432 e. The number of aromatic nitrogens is 4. The second-order valence-corrected chi connectivity index (χ2v) is 18.6. The molecule has 0 aromatic carbocycles. The van der Waals surface area contributed by atoms with Crippen LogP contribution in [0.5, 0.6) is 0 Å². The van der Waals surface area contributed by atoms with Crippen LogP contribution in [0.2, 0.25) is 18.1 Å². The van der Waals surface area contributed by atoms with Crippen molar-refractivity contribution >= 4 is 61.4 Å². The molecule has 0 saturated heterocycles. The van der Waals surface area contributed by atoms with Gasteiger partial charge in [-0.05, 0) is 38.4 Å². The zero-order valence-electron chi connectivity index (χ0n) is 22.3. The van der Waals surface area contributed by atoms with Gasteiger partial charge in [0.2, 0.25) is 5.95 Å². The van der Waals surface area contributed by atoms with Crippen molar-refractivity contribution in [3.63, 3.8) is 0 Å². The molecule has 12 nitrogen and oxygen atoms in total. The van der Waals surface area contributed by atoms with Gasteiger partial charge in [-0.3, -0.25) is 19.1 Å². The third kappa shape index (κ3) is 5.75. The summed E-state index contributed by atoms with van der Waals surface area (Å²) in [6, 6.07) is -0.840. The number of rotatable bonds is 11. The van der Waals surface area contributed by atoms with Crippen molar-refractivity contribution in [3.05, 3.63) is 16.7 Å². The second-order valence-electron chi connectivity index (χ2n) is 10.8. The molecule has 4 atom stereocenters. The van der Waals surface area contributed by atoms with Gasteiger partial charge in [-0.1, -0.05) is 43.4 Å². The van der Waals surface area contributed by atoms with Crippen LogP contribution in [-0.2, 0) is 23.1 Å². The van der Waals surface area contributed by atoms with E-state index in [1.165, 1.54) is 6.33 Å². The first kappa shape index (κ1) is 30.4. The summed E-state index contributed by atoms with van der Waals surface area (Å²) < 4.78 is 31.0. The lowest BCUT2D eigenvalue weighted by Gasteiger charge is -2.44. The highest BCUT2D eigenvalue weighted by molar-refractivity contribution is 14.1. The zero-order chi connectivity index (χ0) is 28.0. The number of aromatic amines is 1. The number of Topliss-reactive ketones (excluding diaryl/α,β-unsaturated/α-hetero) is 1. The highest BCUT2D eigenvalue weighted by Crippen LogP contribution is 2.59. The van der Waals surface area contributed by atoms with Gasteiger partial charge >= 0.3 is 7.60 Å². The molecule has 37 heavy (non-hydrogen) atoms. The number of nitrogens with zero attached hydrogens (tertiary/aromatic N) is 3. The largest absolute Gasteiger partial charge is 0.432 e. The number of carbonyl (C=O) groups is 1. The Morgan fingerprint density at radius 2 is 1.89 bits per heavy atom. The van der Waals surface area contributed by atoms with Gasteiger partial charge in [-0.2, -0.15) is 4.98 Å². The molecule has 0 amide bonds. The van der Waals surface area contributed by atoms with Gasteiger partial charge in [-0.15, -0.1) is 0 Å². The molecule has 1 aliphatic rings. The van der Waals surface area contributed by atoms with Crippen molar-refractivity contribution in [2.75, 3.05) is 25.3 Å². The Kier molecular flexibility index (Phi) is 8.85. The summed E-state index contributed by atoms with van der Waals surface area (Å²) in [6.07, 6.45) is 0.540. The minimum absolute atomic E-state index is 0.0621. The maximum absolute atomic E-state index is 14.1. The topological polar surface area (TPSA) is 172 Å². The molecule has 0 spiro atoms. The smallest absolute Gasteiger partial charge is 0.356 e. The summed E-state index contributed by atoms with van der Waals surface area (Å²) in [5.74, 6) is -0.376. The van der Waals surface area contributed by atoms with E-state index in [2.05, 4.69) is 37.5 Å². The number of ketones is 1. The lowest BCUT2D eigenvalue weighted by atomic mass is 9.76. The van der Waals surface area contributed by atoms with Crippen molar-refractivity contribution in [2.24, 2.45) is 5.41 Å². The van der Waals surface area contributed by atoms with E-state index < -0.39 is 48.0 Å². The standard InChI is InChI=1S/C22H37IN5O7PSi/c1-8-34-36(31,35-9-2)12-33-15-14(29)17(22(5,16(15)23)10-21(3,4)37(6,7)32)28-11-25-13-18(28)26-20(24)27-19(13)30/h11,15-17,32H,8-10,12H2,1-7H3,(H3,24,26,27,30)/t15-,16+,17+,22+/m0/s1. The number of anilines is 1. The number of fused-ring (bicyclic) bond motifs is 1. The minimum atomic E-state index is -3.57. The number of halogens is 1. The van der Waals surface area contributed by atoms with Crippen LogP contribution in [0, 0.1) is 5.41 Å². The second kappa shape index (κ2) is 10.8. The Balaban J connectivity index is 2.12. The first-order chi connectivity index (χ1) is 17.0. The zero-order valence-corrected chi connectivity index (χ0v) is 26.3. The van der Waals surface area contributed by atoms with Crippen molar-refractivity contribution < 1.29 is 27.9 Å². The van der Waals surface area contributed by atoms with Gasteiger partial charge in [0.1, 0.15) is 18.5 Å². The predicted molar refractivity (Wildman–Crippen MR) is 151 cm³/mol. The number of imidazole rings is 1. The molecule has 2 aromatic rings. The lowest BCUT2D eigenvalue weighted by molar-refractivity contribution is -0.129. The van der Waals surface area contributed by atoms with Crippen LogP contribution < -0.4 is 11.3 Å². The quantitative estimate of drug-likeness (QED) is 0.139. The molecule has 208 valence electrons. The Labute approximate surface area is 230 Å². The average molecular weight is 670 g/mol. The molecule has 0 radical (unpaired) electrons. The van der Waals surface area contributed by atoms with Gasteiger partial charge in [0.25, 0.3) is 5.56 Å². The van der Waals surface area contributed by atoms with E-state index in [0.717, 1.165) is 0 Å². The maximum Gasteiger partial charge on any atom is 0.356 e. The predicted octanol–water partition coefficient (Wildman–Crippen LogP) is 3.61. The Morgan fingerprint density at radius 1 is 1.30 bits per heavy atom. The summed E-state index contributed by atoms with van der Waals surface area (Å²) in [6.45, 7) is 13.4. The van der Waals surface area contributed by atoms with Gasteiger partial charge in [0, 0.05) is 5.41 Å². The highest BCUT2D eigenvalue weighted by atomic mass is 127. The first-order valence-corrected chi connectivity index (χ1v) is 18.1. The number of ether oxygens (including phenoxy) is 1. The van der Waals surface area contributed by atoms with Crippen molar-refractivity contribution in [1.29, 1.82) is 0 Å². The SMILES string of the molecule is CCOP(=O)(CO[C@H]1C(=O)[C@@H](n2cnc3c(=O)[nH]c(N)nc32)[C@](C)(CC(C)(C)[Si](C)(C)O)[C@@H]1I)OCC. The van der Waals surface area contributed by atoms with E-state index in [-0.39, 0.29) is 42.5 Å². The third-order valence-electron chi connectivity index (χ3n) is 7.34. The highest BCUT2D eigenvalue weighted by Gasteiger charge is 2.61. The van der Waals surface area contributed by atoms with Crippen molar-refractivity contribution in [3.8, 4) is 0 Å². The maximum atomic E-state index is 14.1. The van der Waals surface area contributed by atoms with E-state index in [1.807, 2.05) is 33.9 Å². The fourth-order valence-electron chi connectivity index (χ4n) is 4.91. The summed E-state index contributed by atoms with van der Waals surface area (Å²) >= 11 is 2.20. The van der Waals surface area contributed by atoms with E-state index in [0.29, 0.717) is 6.42 Å². The number of nitrogens with one attached hydrogen (secondary N) is 1. The number of nitrogens with two attached hydrogens (primary N) is 1. The third-order valence-corrected chi connectivity index (χ3v) is 14.7. The molecule has 2 heterocycles. The summed E-state index contributed by atoms with van der Waals surface area (Å²) in [5, 5.41) is -0.495. The Hall–Kier alpha value is -1.16. The van der Waals surface area contributed by atoms with Crippen LogP contribution in [0.25, 0.3) is 11.2 Å². The van der Waals surface area contributed by atoms with Gasteiger partial charge in [0.15, 0.2) is 25.3 Å². The number of hydrogen-bond donors (Lipinski definition) is 3. The number of carbonyl (C=O) groups excluding carboxylic acids is 1. The monoisotopic (exact) mass is 669 g/mol. The fourth-order valence-corrected chi connectivity index (χ4v) is 8.20. The van der Waals surface area contributed by atoms with Crippen molar-refractivity contribution in [1.82, 2.24) is 19.5 Å². The lowest BCUT2D eigenvalue weighted by Crippen LogP contribution is -2.45. The average Bonchev–Trinajstić information content (AvgIpc) is 3.23. The van der Waals surface area contributed by atoms with E-state index >= 15 is 0 Å². The Morgan fingerprint density at radius 3 is 2.43 bits per heavy atom. The van der Waals surface area contributed by atoms with E-state index in [9.17, 15) is 18.9 Å². The molecule has 3 rings (SSSR count). The van der Waals surface area contributed by atoms with Crippen molar-refractivity contribution in [2.45, 2.75) is 75.2 Å². The number of hydrogen-bond acceptors (Lipinski definition) is 10. The van der Waals surface area contributed by atoms with Crippen LogP contribution in [0.4, 0.5) is 5.95 Å². The molecule has 0 bridgehead atoms. The summed E-state index contributed by atoms with van der Waals surface area (Å²) in [4.78, 5) is 48.5. The van der Waals surface area contributed by atoms with E-state index in [4.69, 9.17) is 19.5 Å². The van der Waals surface area contributed by atoms with Crippen LogP contribution in [-0.4, -0.2) is 68.0 Å². The number of nitrogen functional groups attached to an aromatic ring is 1. The molecule has 0 unspecified atom stereocenters. The molecule has 0 aliphatic heterocycles. The van der Waals surface area contributed by atoms with E-state index in [1.54, 1.807) is 18.4 Å². The molecule has 1 aliphatic carbocycles. The number of H-pyrrole nitrogens is 1. The summed E-state index contributed by atoms with van der Waals surface area (Å²) in [7, 11) is -6.25. The molecular weight excluding hydrogens is 632 g/mol. The normalized spacial score (nSPS) is 25.3. The molecule has 1 saturated carbocycles. The molecule has 4 N–H and O–H groups in total. The molecule has 2 aromatic heterocycles. The van der Waals surface area contributed by atoms with Crippen LogP contribution in [0.15, 0.2) is 11.1 Å². The molecular formula is C22H37IN5O7PSi. The first-order valence-electron chi connectivity index (χ1n) is 12.1. The van der Waals surface area contributed by atoms with Gasteiger partial charge in [-0.25, -0.2) is 4.98 Å². The summed E-state index contributed by atoms with van der Waals surface area (Å²) in [5.41, 5.74) is 4.78. The molecule has 1 fully saturated rings. The van der Waals surface area contributed by atoms with Crippen LogP contribution in [0.3, 0.4) is 0 Å². The molecule has 15 heteroatoms. The van der Waals surface area contributed by atoms with Gasteiger partial charge in [0.05, 0.1) is 23.5 Å². The van der Waals surface area contributed by atoms with Crippen LogP contribution in [0.1, 0.15) is 47.1 Å². The fraction of sp³-hybridized carbons (Fsp3) is 0.727. The Bertz CT molecular complexity index is 1250. The van der Waals surface area contributed by atoms with Crippen LogP contribution >= 0.6 is 30.2 Å². The number of alkyl halides is 1. The van der Waals surface area contributed by atoms with Gasteiger partial charge < -0.3 is 28.9 Å².